The number of carbonyl (C=O) groups excluding carboxylic acids is 5. The number of alkyl carbamates (subject to hydrolysis) is 1. The Kier molecular flexibility index (Phi) is 12.6. The number of nitrogens with one attached hydrogen (secondary N) is 2. The number of carbonyl (C=O) groups is 6. The van der Waals surface area contributed by atoms with Crippen molar-refractivity contribution in [1.29, 1.82) is 0 Å². The molecule has 0 aromatic carbocycles. The standard InChI is InChI=1S/C28H48N6O8/c1-17(29)23(36)33-15-9-12-20(33)25(38)32(6)18(2)22(35)31-19(24(37)34-16-10-13-21(34)26(39)40)11-7-8-14-30-27(41)42-28(3,4)5/h17-21H,7-16,29H2,1-6H3,(H,30,41)(H,31,35)(H,39,40)/t17-,18-,19-,20-,21-/m0/s1. The van der Waals surface area contributed by atoms with E-state index in [4.69, 9.17) is 10.5 Å². The molecule has 238 valence electrons. The summed E-state index contributed by atoms with van der Waals surface area (Å²) in [6.07, 6.45) is 2.53. The van der Waals surface area contributed by atoms with E-state index < -0.39 is 65.6 Å². The maximum atomic E-state index is 13.5. The highest BCUT2D eigenvalue weighted by Crippen LogP contribution is 2.22. The number of amides is 5. The molecule has 5 amide bonds. The van der Waals surface area contributed by atoms with Crippen LogP contribution in [0.25, 0.3) is 0 Å². The molecule has 2 heterocycles. The molecule has 0 spiro atoms. The fraction of sp³-hybridized carbons (Fsp3) is 0.786. The molecule has 0 aromatic heterocycles. The zero-order chi connectivity index (χ0) is 31.8. The van der Waals surface area contributed by atoms with E-state index in [1.807, 2.05) is 0 Å². The van der Waals surface area contributed by atoms with Gasteiger partial charge in [0, 0.05) is 26.7 Å². The minimum absolute atomic E-state index is 0.201. The van der Waals surface area contributed by atoms with E-state index in [1.54, 1.807) is 27.7 Å². The van der Waals surface area contributed by atoms with Gasteiger partial charge in [0.1, 0.15) is 29.8 Å². The highest BCUT2D eigenvalue weighted by Gasteiger charge is 2.40. The monoisotopic (exact) mass is 596 g/mol. The summed E-state index contributed by atoms with van der Waals surface area (Å²) in [5, 5.41) is 15.0. The second-order valence-corrected chi connectivity index (χ2v) is 12.1. The third-order valence-electron chi connectivity index (χ3n) is 7.54. The SMILES string of the molecule is C[C@H](N)C(=O)N1CCC[C@H]1C(=O)N(C)[C@@H](C)C(=O)N[C@@H](CCCCNC(=O)OC(C)(C)C)C(=O)N1CCC[C@H]1C(=O)O. The maximum Gasteiger partial charge on any atom is 0.407 e. The Hall–Kier alpha value is -3.42. The van der Waals surface area contributed by atoms with E-state index in [2.05, 4.69) is 10.6 Å². The second-order valence-electron chi connectivity index (χ2n) is 12.1. The molecule has 42 heavy (non-hydrogen) atoms. The van der Waals surface area contributed by atoms with Crippen LogP contribution in [0.2, 0.25) is 0 Å². The van der Waals surface area contributed by atoms with E-state index in [9.17, 15) is 33.9 Å². The predicted molar refractivity (Wildman–Crippen MR) is 153 cm³/mol. The van der Waals surface area contributed by atoms with E-state index in [1.165, 1.54) is 28.7 Å². The number of nitrogens with zero attached hydrogens (tertiary/aromatic N) is 3. The fourth-order valence-electron chi connectivity index (χ4n) is 5.17. The molecule has 14 heteroatoms. The van der Waals surface area contributed by atoms with Gasteiger partial charge in [-0.25, -0.2) is 9.59 Å². The number of hydrogen-bond donors (Lipinski definition) is 4. The molecule has 2 fully saturated rings. The maximum absolute atomic E-state index is 13.5. The normalized spacial score (nSPS) is 20.8. The topological polar surface area (TPSA) is 192 Å². The Labute approximate surface area is 247 Å². The zero-order valence-electron chi connectivity index (χ0n) is 25.7. The van der Waals surface area contributed by atoms with Crippen molar-refractivity contribution in [2.45, 2.75) is 115 Å². The molecule has 0 unspecified atom stereocenters. The average molecular weight is 597 g/mol. The van der Waals surface area contributed by atoms with Gasteiger partial charge in [0.15, 0.2) is 0 Å². The molecule has 14 nitrogen and oxygen atoms in total. The Morgan fingerprint density at radius 1 is 0.976 bits per heavy atom. The molecule has 0 radical (unpaired) electrons. The van der Waals surface area contributed by atoms with Crippen LogP contribution in [0, 0.1) is 0 Å². The Morgan fingerprint density at radius 2 is 1.55 bits per heavy atom. The summed E-state index contributed by atoms with van der Waals surface area (Å²) >= 11 is 0. The van der Waals surface area contributed by atoms with Gasteiger partial charge in [0.25, 0.3) is 0 Å². The van der Waals surface area contributed by atoms with Gasteiger partial charge >= 0.3 is 12.1 Å². The number of unbranched alkanes of at least 4 members (excludes halogenated alkanes) is 1. The molecule has 0 aromatic rings. The molecule has 0 saturated carbocycles. The number of hydrogen-bond acceptors (Lipinski definition) is 8. The summed E-state index contributed by atoms with van der Waals surface area (Å²) in [4.78, 5) is 80.2. The number of nitrogens with two attached hydrogens (primary N) is 1. The van der Waals surface area contributed by atoms with Crippen LogP contribution >= 0.6 is 0 Å². The summed E-state index contributed by atoms with van der Waals surface area (Å²) in [5.41, 5.74) is 5.11. The number of likely N-dealkylation sites (tertiary alicyclic amines) is 2. The summed E-state index contributed by atoms with van der Waals surface area (Å²) < 4.78 is 5.21. The zero-order valence-corrected chi connectivity index (χ0v) is 25.7. The quantitative estimate of drug-likeness (QED) is 0.231. The van der Waals surface area contributed by atoms with Crippen LogP contribution < -0.4 is 16.4 Å². The van der Waals surface area contributed by atoms with Gasteiger partial charge in [-0.2, -0.15) is 0 Å². The van der Waals surface area contributed by atoms with Crippen molar-refractivity contribution in [3.63, 3.8) is 0 Å². The summed E-state index contributed by atoms with van der Waals surface area (Å²) in [5.74, 6) is -2.91. The Bertz CT molecular complexity index is 1010. The Morgan fingerprint density at radius 3 is 2.10 bits per heavy atom. The largest absolute Gasteiger partial charge is 0.480 e. The molecule has 5 atom stereocenters. The fourth-order valence-corrected chi connectivity index (χ4v) is 5.17. The number of rotatable bonds is 12. The van der Waals surface area contributed by atoms with Gasteiger partial charge in [0.2, 0.25) is 23.6 Å². The molecule has 2 aliphatic heterocycles. The summed E-state index contributed by atoms with van der Waals surface area (Å²) in [6, 6.07) is -4.44. The molecule has 2 saturated heterocycles. The first kappa shape index (κ1) is 34.8. The van der Waals surface area contributed by atoms with E-state index >= 15 is 0 Å². The lowest BCUT2D eigenvalue weighted by Crippen LogP contribution is -2.57. The molecular weight excluding hydrogens is 548 g/mol. The van der Waals surface area contributed by atoms with E-state index in [-0.39, 0.29) is 25.4 Å². The molecule has 2 aliphatic rings. The molecule has 5 N–H and O–H groups in total. The van der Waals surface area contributed by atoms with E-state index in [0.717, 1.165) is 0 Å². The van der Waals surface area contributed by atoms with Crippen LogP contribution in [0.4, 0.5) is 4.79 Å². The van der Waals surface area contributed by atoms with E-state index in [0.29, 0.717) is 45.1 Å². The smallest absolute Gasteiger partial charge is 0.407 e. The van der Waals surface area contributed by atoms with Crippen LogP contribution in [0.1, 0.15) is 79.6 Å². The Balaban J connectivity index is 2.07. The average Bonchev–Trinajstić information content (AvgIpc) is 3.59. The predicted octanol–water partition coefficient (Wildman–Crippen LogP) is 0.427. The van der Waals surface area contributed by atoms with Gasteiger partial charge in [-0.15, -0.1) is 0 Å². The first-order chi connectivity index (χ1) is 19.5. The molecule has 2 rings (SSSR count). The van der Waals surface area contributed by atoms with Crippen molar-refractivity contribution in [2.75, 3.05) is 26.7 Å². The minimum atomic E-state index is -1.10. The lowest BCUT2D eigenvalue weighted by atomic mass is 10.1. The highest BCUT2D eigenvalue weighted by molar-refractivity contribution is 5.95. The second kappa shape index (κ2) is 15.2. The van der Waals surface area contributed by atoms with Crippen LogP contribution in [0.15, 0.2) is 0 Å². The highest BCUT2D eigenvalue weighted by atomic mass is 16.6. The van der Waals surface area contributed by atoms with Gasteiger partial charge in [-0.1, -0.05) is 0 Å². The number of carboxylic acid groups (broad SMARTS) is 1. The minimum Gasteiger partial charge on any atom is -0.480 e. The third-order valence-corrected chi connectivity index (χ3v) is 7.54. The van der Waals surface area contributed by atoms with Crippen molar-refractivity contribution in [2.24, 2.45) is 5.73 Å². The van der Waals surface area contributed by atoms with Crippen molar-refractivity contribution >= 4 is 35.7 Å². The lowest BCUT2D eigenvalue weighted by molar-refractivity contribution is -0.150. The summed E-state index contributed by atoms with van der Waals surface area (Å²) in [6.45, 7) is 9.31. The van der Waals surface area contributed by atoms with Crippen LogP contribution in [0.3, 0.4) is 0 Å². The molecule has 0 bridgehead atoms. The van der Waals surface area contributed by atoms with Crippen molar-refractivity contribution in [3.05, 3.63) is 0 Å². The van der Waals surface area contributed by atoms with Crippen molar-refractivity contribution in [3.8, 4) is 0 Å². The lowest BCUT2D eigenvalue weighted by Gasteiger charge is -2.33. The van der Waals surface area contributed by atoms with Gasteiger partial charge in [0.05, 0.1) is 6.04 Å². The van der Waals surface area contributed by atoms with Crippen LogP contribution in [0.5, 0.6) is 0 Å². The number of ether oxygens (including phenoxy) is 1. The van der Waals surface area contributed by atoms with Crippen molar-refractivity contribution in [1.82, 2.24) is 25.3 Å². The van der Waals surface area contributed by atoms with Crippen LogP contribution in [-0.2, 0) is 28.7 Å². The van der Waals surface area contributed by atoms with Gasteiger partial charge in [-0.3, -0.25) is 19.2 Å². The van der Waals surface area contributed by atoms with Gasteiger partial charge < -0.3 is 40.9 Å². The number of likely N-dealkylation sites (N-methyl/N-ethyl adjacent to an activating group) is 1. The first-order valence-electron chi connectivity index (χ1n) is 14.7. The summed E-state index contributed by atoms with van der Waals surface area (Å²) in [7, 11) is 1.47. The third kappa shape index (κ3) is 9.57. The number of aliphatic carboxylic acids is 1. The first-order valence-corrected chi connectivity index (χ1v) is 14.7. The van der Waals surface area contributed by atoms with Gasteiger partial charge in [-0.05, 0) is 79.6 Å². The molecule has 0 aliphatic carbocycles. The van der Waals surface area contributed by atoms with Crippen molar-refractivity contribution < 1.29 is 38.6 Å². The molecular formula is C28H48N6O8. The number of carboxylic acids is 1. The van der Waals surface area contributed by atoms with Crippen LogP contribution in [-0.4, -0.2) is 118 Å².